The molecule has 1 N–H and O–H groups in total. The molecule has 2 heterocycles. The Morgan fingerprint density at radius 1 is 1.23 bits per heavy atom. The van der Waals surface area contributed by atoms with Gasteiger partial charge in [0.2, 0.25) is 5.03 Å². The van der Waals surface area contributed by atoms with Crippen LogP contribution in [0.2, 0.25) is 0 Å². The molecular weight excluding hydrogens is 376 g/mol. The summed E-state index contributed by atoms with van der Waals surface area (Å²) in [5.41, 5.74) is 0.568. The standard InChI is InChI=1S/C16H20N4O4S2/c1-19-11-14(15(21)17-12-3-5-13(24-2)6-4-12)16(18-19)26(22,23)20-7-9-25-10-8-20/h3-6,11H,7-10H2,1-2H3,(H,17,21). The van der Waals surface area contributed by atoms with E-state index < -0.39 is 15.9 Å². The second kappa shape index (κ2) is 7.68. The van der Waals surface area contributed by atoms with Gasteiger partial charge < -0.3 is 10.1 Å². The number of amides is 1. The van der Waals surface area contributed by atoms with E-state index in [0.717, 1.165) is 11.5 Å². The number of ether oxygens (including phenoxy) is 1. The van der Waals surface area contributed by atoms with E-state index in [1.54, 1.807) is 50.2 Å². The van der Waals surface area contributed by atoms with Crippen LogP contribution >= 0.6 is 11.8 Å². The number of rotatable bonds is 5. The fraction of sp³-hybridized carbons (Fsp3) is 0.375. The summed E-state index contributed by atoms with van der Waals surface area (Å²) in [7, 11) is -0.665. The predicted octanol–water partition coefficient (Wildman–Crippen LogP) is 1.42. The molecule has 0 aliphatic carbocycles. The lowest BCUT2D eigenvalue weighted by Gasteiger charge is -2.24. The van der Waals surface area contributed by atoms with Crippen molar-refractivity contribution in [1.29, 1.82) is 0 Å². The van der Waals surface area contributed by atoms with Crippen LogP contribution in [0.4, 0.5) is 5.69 Å². The smallest absolute Gasteiger partial charge is 0.263 e. The maximum atomic E-state index is 12.9. The van der Waals surface area contributed by atoms with Crippen LogP contribution < -0.4 is 10.1 Å². The molecule has 1 aromatic heterocycles. The van der Waals surface area contributed by atoms with E-state index in [4.69, 9.17) is 4.74 Å². The molecule has 3 rings (SSSR count). The number of hydrogen-bond donors (Lipinski definition) is 1. The number of nitrogens with one attached hydrogen (secondary N) is 1. The van der Waals surface area contributed by atoms with Gasteiger partial charge in [0.1, 0.15) is 5.75 Å². The summed E-state index contributed by atoms with van der Waals surface area (Å²) in [5.74, 6) is 1.61. The van der Waals surface area contributed by atoms with E-state index in [1.165, 1.54) is 15.2 Å². The Morgan fingerprint density at radius 2 is 1.88 bits per heavy atom. The molecule has 1 aliphatic heterocycles. The quantitative estimate of drug-likeness (QED) is 0.822. The van der Waals surface area contributed by atoms with E-state index in [1.807, 2.05) is 0 Å². The highest BCUT2D eigenvalue weighted by Gasteiger charge is 2.33. The third-order valence-corrected chi connectivity index (χ3v) is 6.72. The van der Waals surface area contributed by atoms with Crippen LogP contribution in [0.3, 0.4) is 0 Å². The first-order valence-corrected chi connectivity index (χ1v) is 10.6. The Kier molecular flexibility index (Phi) is 5.54. The van der Waals surface area contributed by atoms with Crippen molar-refractivity contribution in [2.24, 2.45) is 7.05 Å². The molecule has 0 atom stereocenters. The first kappa shape index (κ1) is 18.7. The van der Waals surface area contributed by atoms with Gasteiger partial charge in [0.15, 0.2) is 0 Å². The van der Waals surface area contributed by atoms with Crippen LogP contribution in [0.1, 0.15) is 10.4 Å². The zero-order valence-electron chi connectivity index (χ0n) is 14.5. The van der Waals surface area contributed by atoms with Gasteiger partial charge in [-0.15, -0.1) is 0 Å². The Morgan fingerprint density at radius 3 is 2.50 bits per heavy atom. The molecule has 26 heavy (non-hydrogen) atoms. The maximum Gasteiger partial charge on any atom is 0.263 e. The van der Waals surface area contributed by atoms with E-state index in [0.29, 0.717) is 24.5 Å². The molecule has 8 nitrogen and oxygen atoms in total. The molecule has 1 saturated heterocycles. The summed E-state index contributed by atoms with van der Waals surface area (Å²) in [6.07, 6.45) is 1.42. The monoisotopic (exact) mass is 396 g/mol. The van der Waals surface area contributed by atoms with Crippen molar-refractivity contribution >= 4 is 33.4 Å². The average Bonchev–Trinajstić information content (AvgIpc) is 3.06. The van der Waals surface area contributed by atoms with Crippen molar-refractivity contribution in [1.82, 2.24) is 14.1 Å². The van der Waals surface area contributed by atoms with Gasteiger partial charge in [0, 0.05) is 43.5 Å². The number of benzene rings is 1. The topological polar surface area (TPSA) is 93.5 Å². The number of sulfonamides is 1. The molecule has 0 spiro atoms. The number of thioether (sulfide) groups is 1. The van der Waals surface area contributed by atoms with Gasteiger partial charge in [-0.25, -0.2) is 8.42 Å². The van der Waals surface area contributed by atoms with Gasteiger partial charge >= 0.3 is 0 Å². The summed E-state index contributed by atoms with van der Waals surface area (Å²) in [6, 6.07) is 6.79. The number of methoxy groups -OCH3 is 1. The van der Waals surface area contributed by atoms with Crippen molar-refractivity contribution in [3.8, 4) is 5.75 Å². The number of nitrogens with zero attached hydrogens (tertiary/aromatic N) is 3. The van der Waals surface area contributed by atoms with E-state index >= 15 is 0 Å². The fourth-order valence-electron chi connectivity index (χ4n) is 2.60. The first-order chi connectivity index (χ1) is 12.4. The number of aryl methyl sites for hydroxylation is 1. The molecule has 0 saturated carbocycles. The third-order valence-electron chi connectivity index (χ3n) is 3.94. The molecule has 0 bridgehead atoms. The van der Waals surface area contributed by atoms with Crippen molar-refractivity contribution in [3.63, 3.8) is 0 Å². The van der Waals surface area contributed by atoms with Crippen LogP contribution in [0, 0.1) is 0 Å². The van der Waals surface area contributed by atoms with Gasteiger partial charge in [0.05, 0.1) is 12.7 Å². The Hall–Kier alpha value is -2.04. The third kappa shape index (κ3) is 3.87. The summed E-state index contributed by atoms with van der Waals surface area (Å²) in [6.45, 7) is 0.840. The fourth-order valence-corrected chi connectivity index (χ4v) is 5.29. The zero-order valence-corrected chi connectivity index (χ0v) is 16.1. The van der Waals surface area contributed by atoms with Gasteiger partial charge in [-0.05, 0) is 24.3 Å². The van der Waals surface area contributed by atoms with Crippen molar-refractivity contribution in [2.75, 3.05) is 37.0 Å². The largest absolute Gasteiger partial charge is 0.497 e. The molecule has 10 heteroatoms. The first-order valence-electron chi connectivity index (χ1n) is 7.99. The molecule has 1 aromatic carbocycles. The van der Waals surface area contributed by atoms with Gasteiger partial charge in [-0.1, -0.05) is 0 Å². The highest BCUT2D eigenvalue weighted by atomic mass is 32.2. The molecule has 0 unspecified atom stereocenters. The number of aromatic nitrogens is 2. The Labute approximate surface area is 156 Å². The predicted molar refractivity (Wildman–Crippen MR) is 100 cm³/mol. The van der Waals surface area contributed by atoms with Gasteiger partial charge in [-0.3, -0.25) is 9.48 Å². The highest BCUT2D eigenvalue weighted by Crippen LogP contribution is 2.23. The second-order valence-corrected chi connectivity index (χ2v) is 8.80. The van der Waals surface area contributed by atoms with E-state index in [2.05, 4.69) is 10.4 Å². The Balaban J connectivity index is 1.86. The lowest BCUT2D eigenvalue weighted by molar-refractivity contribution is 0.102. The summed E-state index contributed by atoms with van der Waals surface area (Å²) < 4.78 is 33.6. The average molecular weight is 396 g/mol. The van der Waals surface area contributed by atoms with Crippen LogP contribution in [-0.2, 0) is 17.1 Å². The summed E-state index contributed by atoms with van der Waals surface area (Å²) in [5, 5.41) is 6.54. The molecular formula is C16H20N4O4S2. The normalized spacial score (nSPS) is 15.6. The minimum Gasteiger partial charge on any atom is -0.497 e. The number of hydrogen-bond acceptors (Lipinski definition) is 6. The summed E-state index contributed by atoms with van der Waals surface area (Å²) in [4.78, 5) is 12.6. The molecule has 1 amide bonds. The molecule has 1 fully saturated rings. The van der Waals surface area contributed by atoms with Crippen molar-refractivity contribution < 1.29 is 17.9 Å². The zero-order chi connectivity index (χ0) is 18.7. The van der Waals surface area contributed by atoms with Crippen LogP contribution in [0.15, 0.2) is 35.5 Å². The highest BCUT2D eigenvalue weighted by molar-refractivity contribution is 7.99. The SMILES string of the molecule is COc1ccc(NC(=O)c2cn(C)nc2S(=O)(=O)N2CCSCC2)cc1. The van der Waals surface area contributed by atoms with Gasteiger partial charge in [-0.2, -0.15) is 21.2 Å². The number of anilines is 1. The van der Waals surface area contributed by atoms with Crippen LogP contribution in [-0.4, -0.2) is 60.1 Å². The van der Waals surface area contributed by atoms with Gasteiger partial charge in [0.25, 0.3) is 15.9 Å². The molecule has 1 aliphatic rings. The summed E-state index contributed by atoms with van der Waals surface area (Å²) >= 11 is 1.71. The molecule has 2 aromatic rings. The minimum atomic E-state index is -3.81. The number of carbonyl (C=O) groups excluding carboxylic acids is 1. The minimum absolute atomic E-state index is 0.0292. The van der Waals surface area contributed by atoms with Crippen molar-refractivity contribution in [2.45, 2.75) is 5.03 Å². The number of carbonyl (C=O) groups is 1. The van der Waals surface area contributed by atoms with Crippen molar-refractivity contribution in [3.05, 3.63) is 36.0 Å². The Bertz CT molecular complexity index is 887. The maximum absolute atomic E-state index is 12.9. The van der Waals surface area contributed by atoms with Crippen LogP contribution in [0.25, 0.3) is 0 Å². The second-order valence-electron chi connectivity index (χ2n) is 5.72. The lowest BCUT2D eigenvalue weighted by atomic mass is 10.2. The van der Waals surface area contributed by atoms with Crippen LogP contribution in [0.5, 0.6) is 5.75 Å². The lowest BCUT2D eigenvalue weighted by Crippen LogP contribution is -2.38. The van der Waals surface area contributed by atoms with E-state index in [-0.39, 0.29) is 10.6 Å². The molecule has 140 valence electrons. The molecule has 0 radical (unpaired) electrons. The van der Waals surface area contributed by atoms with E-state index in [9.17, 15) is 13.2 Å².